The molecule has 0 aromatic heterocycles. The third-order valence-corrected chi connectivity index (χ3v) is 4.44. The molecule has 0 atom stereocenters. The lowest BCUT2D eigenvalue weighted by Crippen LogP contribution is -2.35. The van der Waals surface area contributed by atoms with Crippen molar-refractivity contribution in [1.29, 1.82) is 0 Å². The highest BCUT2D eigenvalue weighted by atomic mass is 16.1. The van der Waals surface area contributed by atoms with E-state index in [0.29, 0.717) is 12.6 Å². The first kappa shape index (κ1) is 15.8. The Labute approximate surface area is 138 Å². The molecular weight excluding hydrogens is 284 g/mol. The van der Waals surface area contributed by atoms with Gasteiger partial charge in [-0.15, -0.1) is 0 Å². The molecule has 0 saturated carbocycles. The van der Waals surface area contributed by atoms with E-state index in [1.165, 1.54) is 16.8 Å². The maximum atomic E-state index is 12.7. The smallest absolute Gasteiger partial charge is 0.176 e. The van der Waals surface area contributed by atoms with Gasteiger partial charge in [0.1, 0.15) is 0 Å². The Morgan fingerprint density at radius 1 is 1.17 bits per heavy atom. The molecular formula is C20H24N2O. The minimum absolute atomic E-state index is 0.198. The maximum absolute atomic E-state index is 12.7. The van der Waals surface area contributed by atoms with Gasteiger partial charge in [0, 0.05) is 30.4 Å². The number of anilines is 1. The Balaban J connectivity index is 1.71. The topological polar surface area (TPSA) is 32.3 Å². The van der Waals surface area contributed by atoms with Crippen LogP contribution in [0.15, 0.2) is 48.5 Å². The average Bonchev–Trinajstić information content (AvgIpc) is 3.02. The minimum Gasteiger partial charge on any atom is -0.384 e. The summed E-state index contributed by atoms with van der Waals surface area (Å²) in [5, 5.41) is 3.34. The quantitative estimate of drug-likeness (QED) is 0.825. The molecule has 0 radical (unpaired) electrons. The predicted molar refractivity (Wildman–Crippen MR) is 95.0 cm³/mol. The van der Waals surface area contributed by atoms with Crippen LogP contribution in [0.1, 0.15) is 35.3 Å². The van der Waals surface area contributed by atoms with E-state index >= 15 is 0 Å². The van der Waals surface area contributed by atoms with Crippen LogP contribution in [0.25, 0.3) is 0 Å². The van der Waals surface area contributed by atoms with Crippen LogP contribution in [0.5, 0.6) is 0 Å². The van der Waals surface area contributed by atoms with E-state index < -0.39 is 0 Å². The van der Waals surface area contributed by atoms with Gasteiger partial charge in [0.15, 0.2) is 5.78 Å². The van der Waals surface area contributed by atoms with E-state index in [4.69, 9.17) is 0 Å². The first-order valence-electron chi connectivity index (χ1n) is 8.31. The highest BCUT2D eigenvalue weighted by molar-refractivity contribution is 5.98. The van der Waals surface area contributed by atoms with Crippen molar-refractivity contribution in [2.75, 3.05) is 18.4 Å². The van der Waals surface area contributed by atoms with Crippen molar-refractivity contribution in [3.63, 3.8) is 0 Å². The van der Waals surface area contributed by atoms with Gasteiger partial charge in [-0.1, -0.05) is 30.3 Å². The Morgan fingerprint density at radius 3 is 2.70 bits per heavy atom. The number of hydrogen-bond donors (Lipinski definition) is 1. The van der Waals surface area contributed by atoms with Gasteiger partial charge >= 0.3 is 0 Å². The fourth-order valence-electron chi connectivity index (χ4n) is 2.99. The zero-order valence-corrected chi connectivity index (χ0v) is 13.9. The highest BCUT2D eigenvalue weighted by Gasteiger charge is 2.18. The van der Waals surface area contributed by atoms with Crippen LogP contribution in [0.4, 0.5) is 5.69 Å². The van der Waals surface area contributed by atoms with Crippen LogP contribution >= 0.6 is 0 Å². The summed E-state index contributed by atoms with van der Waals surface area (Å²) < 4.78 is 0. The van der Waals surface area contributed by atoms with E-state index in [0.717, 1.165) is 25.1 Å². The summed E-state index contributed by atoms with van der Waals surface area (Å²) in [6.45, 7) is 6.51. The fraction of sp³-hybridized carbons (Fsp3) is 0.350. The van der Waals surface area contributed by atoms with Crippen molar-refractivity contribution in [3.8, 4) is 0 Å². The highest BCUT2D eigenvalue weighted by Crippen LogP contribution is 2.23. The van der Waals surface area contributed by atoms with Gasteiger partial charge in [-0.2, -0.15) is 0 Å². The van der Waals surface area contributed by atoms with Gasteiger partial charge in [0.25, 0.3) is 0 Å². The lowest BCUT2D eigenvalue weighted by Gasteiger charge is -2.26. The van der Waals surface area contributed by atoms with Crippen LogP contribution in [0.2, 0.25) is 0 Å². The number of rotatable bonds is 6. The molecule has 3 rings (SSSR count). The maximum Gasteiger partial charge on any atom is 0.176 e. The molecule has 23 heavy (non-hydrogen) atoms. The molecule has 1 aliphatic rings. The van der Waals surface area contributed by atoms with Crippen molar-refractivity contribution in [2.45, 2.75) is 32.9 Å². The van der Waals surface area contributed by atoms with E-state index in [2.05, 4.69) is 42.3 Å². The van der Waals surface area contributed by atoms with Gasteiger partial charge in [-0.05, 0) is 49.6 Å². The average molecular weight is 308 g/mol. The van der Waals surface area contributed by atoms with Gasteiger partial charge in [-0.3, -0.25) is 9.69 Å². The SMILES string of the molecule is CC(C)N(CC(=O)c1ccc2c(c1)CCN2)Cc1ccccc1. The molecule has 0 saturated heterocycles. The normalized spacial score (nSPS) is 13.2. The van der Waals surface area contributed by atoms with Crippen molar-refractivity contribution in [1.82, 2.24) is 4.90 Å². The Kier molecular flexibility index (Phi) is 4.77. The Morgan fingerprint density at radius 2 is 1.96 bits per heavy atom. The molecule has 1 heterocycles. The van der Waals surface area contributed by atoms with Crippen LogP contribution in [0, 0.1) is 0 Å². The molecule has 1 N–H and O–H groups in total. The van der Waals surface area contributed by atoms with E-state index in [1.807, 2.05) is 30.3 Å². The first-order valence-corrected chi connectivity index (χ1v) is 8.31. The van der Waals surface area contributed by atoms with Crippen LogP contribution in [0.3, 0.4) is 0 Å². The number of fused-ring (bicyclic) bond motifs is 1. The van der Waals surface area contributed by atoms with E-state index in [-0.39, 0.29) is 5.78 Å². The third kappa shape index (κ3) is 3.80. The summed E-state index contributed by atoms with van der Waals surface area (Å²) in [6.07, 6.45) is 1.01. The number of carbonyl (C=O) groups excluding carboxylic acids is 1. The predicted octanol–water partition coefficient (Wildman–Crippen LogP) is 3.75. The lowest BCUT2D eigenvalue weighted by molar-refractivity contribution is 0.0898. The summed E-state index contributed by atoms with van der Waals surface area (Å²) in [5.41, 5.74) is 4.50. The lowest BCUT2D eigenvalue weighted by atomic mass is 10.0. The number of nitrogens with zero attached hydrogens (tertiary/aromatic N) is 1. The van der Waals surface area contributed by atoms with Crippen LogP contribution < -0.4 is 5.32 Å². The summed E-state index contributed by atoms with van der Waals surface area (Å²) in [7, 11) is 0. The van der Waals surface area contributed by atoms with Crippen molar-refractivity contribution in [3.05, 3.63) is 65.2 Å². The van der Waals surface area contributed by atoms with Gasteiger partial charge < -0.3 is 5.32 Å². The van der Waals surface area contributed by atoms with Crippen LogP contribution in [-0.2, 0) is 13.0 Å². The minimum atomic E-state index is 0.198. The number of carbonyl (C=O) groups is 1. The number of hydrogen-bond acceptors (Lipinski definition) is 3. The third-order valence-electron chi connectivity index (χ3n) is 4.44. The van der Waals surface area contributed by atoms with Gasteiger partial charge in [0.05, 0.1) is 6.54 Å². The summed E-state index contributed by atoms with van der Waals surface area (Å²) in [4.78, 5) is 14.9. The molecule has 0 amide bonds. The molecule has 0 aliphatic carbocycles. The molecule has 3 heteroatoms. The first-order chi connectivity index (χ1) is 11.1. The zero-order chi connectivity index (χ0) is 16.2. The van der Waals surface area contributed by atoms with E-state index in [9.17, 15) is 4.79 Å². The molecule has 1 aliphatic heterocycles. The Hall–Kier alpha value is -2.13. The van der Waals surface area contributed by atoms with Crippen LogP contribution in [-0.4, -0.2) is 29.8 Å². The molecule has 0 bridgehead atoms. The molecule has 0 unspecified atom stereocenters. The molecule has 2 aromatic rings. The van der Waals surface area contributed by atoms with Crippen molar-refractivity contribution < 1.29 is 4.79 Å². The number of ketones is 1. The van der Waals surface area contributed by atoms with Gasteiger partial charge in [-0.25, -0.2) is 0 Å². The van der Waals surface area contributed by atoms with Crippen molar-refractivity contribution >= 4 is 11.5 Å². The zero-order valence-electron chi connectivity index (χ0n) is 13.9. The number of Topliss-reactive ketones (excluding diaryl/α,β-unsaturated/α-hetero) is 1. The molecule has 3 nitrogen and oxygen atoms in total. The standard InChI is InChI=1S/C20H24N2O/c1-15(2)22(13-16-6-4-3-5-7-16)14-20(23)18-8-9-19-17(12-18)10-11-21-19/h3-9,12,15,21H,10-11,13-14H2,1-2H3. The molecule has 2 aromatic carbocycles. The second kappa shape index (κ2) is 6.97. The van der Waals surface area contributed by atoms with Gasteiger partial charge in [0.2, 0.25) is 0 Å². The number of benzene rings is 2. The second-order valence-corrected chi connectivity index (χ2v) is 6.46. The van der Waals surface area contributed by atoms with Crippen molar-refractivity contribution in [2.24, 2.45) is 0 Å². The monoisotopic (exact) mass is 308 g/mol. The second-order valence-electron chi connectivity index (χ2n) is 6.46. The van der Waals surface area contributed by atoms with E-state index in [1.54, 1.807) is 0 Å². The summed E-state index contributed by atoms with van der Waals surface area (Å²) in [5.74, 6) is 0.198. The summed E-state index contributed by atoms with van der Waals surface area (Å²) in [6, 6.07) is 16.7. The summed E-state index contributed by atoms with van der Waals surface area (Å²) >= 11 is 0. The Bertz CT molecular complexity index is 679. The fourth-order valence-corrected chi connectivity index (χ4v) is 2.99. The molecule has 0 fully saturated rings. The molecule has 120 valence electrons. The largest absolute Gasteiger partial charge is 0.384 e. The molecule has 0 spiro atoms. The number of nitrogens with one attached hydrogen (secondary N) is 1.